The predicted molar refractivity (Wildman–Crippen MR) is 86.1 cm³/mol. The smallest absolute Gasteiger partial charge is 0.0589 e. The van der Waals surface area contributed by atoms with Gasteiger partial charge in [0.25, 0.3) is 0 Å². The Kier molecular flexibility index (Phi) is 8.51. The van der Waals surface area contributed by atoms with Gasteiger partial charge in [-0.2, -0.15) is 0 Å². The van der Waals surface area contributed by atoms with Crippen LogP contribution in [0.25, 0.3) is 0 Å². The molecule has 1 rings (SSSR count). The van der Waals surface area contributed by atoms with Gasteiger partial charge in [0.15, 0.2) is 0 Å². The molecule has 0 bridgehead atoms. The van der Waals surface area contributed by atoms with Crippen molar-refractivity contribution in [3.8, 4) is 0 Å². The van der Waals surface area contributed by atoms with Crippen LogP contribution in [0.4, 0.5) is 0 Å². The van der Waals surface area contributed by atoms with E-state index in [-0.39, 0.29) is 0 Å². The Morgan fingerprint density at radius 3 is 2.50 bits per heavy atom. The first-order chi connectivity index (χ1) is 9.67. The predicted octanol–water partition coefficient (Wildman–Crippen LogP) is 2.55. The standard InChI is InChI=1S/C17H30N2O/c1-15(2)13-19(11-12-20-4)14-17-8-6-5-7-16(17)9-10-18-3/h5-8,15,18H,9-14H2,1-4H3. The highest BCUT2D eigenvalue weighted by molar-refractivity contribution is 5.27. The number of hydrogen-bond acceptors (Lipinski definition) is 3. The van der Waals surface area contributed by atoms with E-state index in [4.69, 9.17) is 4.74 Å². The summed E-state index contributed by atoms with van der Waals surface area (Å²) in [5.41, 5.74) is 2.90. The maximum Gasteiger partial charge on any atom is 0.0589 e. The maximum atomic E-state index is 5.24. The fourth-order valence-electron chi connectivity index (χ4n) is 2.43. The minimum absolute atomic E-state index is 0.677. The van der Waals surface area contributed by atoms with Crippen LogP contribution in [-0.4, -0.2) is 45.3 Å². The van der Waals surface area contributed by atoms with Gasteiger partial charge in [-0.25, -0.2) is 0 Å². The van der Waals surface area contributed by atoms with Gasteiger partial charge in [0.2, 0.25) is 0 Å². The van der Waals surface area contributed by atoms with E-state index in [1.165, 1.54) is 11.1 Å². The van der Waals surface area contributed by atoms with E-state index in [1.807, 2.05) is 7.05 Å². The molecule has 114 valence electrons. The summed E-state index contributed by atoms with van der Waals surface area (Å²) >= 11 is 0. The molecule has 1 aromatic carbocycles. The molecule has 0 radical (unpaired) electrons. The second-order valence-electron chi connectivity index (χ2n) is 5.74. The van der Waals surface area contributed by atoms with E-state index in [0.717, 1.165) is 39.2 Å². The molecule has 0 saturated heterocycles. The average Bonchev–Trinajstić information content (AvgIpc) is 2.43. The normalized spacial score (nSPS) is 11.5. The molecule has 0 saturated carbocycles. The highest BCUT2D eigenvalue weighted by Gasteiger charge is 2.10. The lowest BCUT2D eigenvalue weighted by atomic mass is 10.0. The van der Waals surface area contributed by atoms with Crippen LogP contribution in [0.5, 0.6) is 0 Å². The molecule has 0 unspecified atom stereocenters. The van der Waals surface area contributed by atoms with Crippen molar-refractivity contribution < 1.29 is 4.74 Å². The minimum atomic E-state index is 0.677. The summed E-state index contributed by atoms with van der Waals surface area (Å²) in [5.74, 6) is 0.677. The van der Waals surface area contributed by atoms with Crippen molar-refractivity contribution >= 4 is 0 Å². The molecule has 0 aromatic heterocycles. The first kappa shape index (κ1) is 17.2. The molecule has 0 heterocycles. The molecule has 3 nitrogen and oxygen atoms in total. The van der Waals surface area contributed by atoms with Crippen LogP contribution in [0.15, 0.2) is 24.3 Å². The Balaban J connectivity index is 2.70. The van der Waals surface area contributed by atoms with Crippen molar-refractivity contribution in [1.82, 2.24) is 10.2 Å². The quantitative estimate of drug-likeness (QED) is 0.712. The zero-order valence-corrected chi connectivity index (χ0v) is 13.5. The van der Waals surface area contributed by atoms with Crippen LogP contribution in [-0.2, 0) is 17.7 Å². The molecule has 0 atom stereocenters. The van der Waals surface area contributed by atoms with Gasteiger partial charge in [-0.1, -0.05) is 38.1 Å². The summed E-state index contributed by atoms with van der Waals surface area (Å²) < 4.78 is 5.24. The second kappa shape index (κ2) is 9.92. The molecular formula is C17H30N2O. The van der Waals surface area contributed by atoms with E-state index in [1.54, 1.807) is 7.11 Å². The third-order valence-electron chi connectivity index (χ3n) is 3.39. The molecule has 0 aliphatic heterocycles. The SMILES string of the molecule is CNCCc1ccccc1CN(CCOC)CC(C)C. The van der Waals surface area contributed by atoms with Crippen LogP contribution in [0, 0.1) is 5.92 Å². The number of methoxy groups -OCH3 is 1. The highest BCUT2D eigenvalue weighted by Crippen LogP contribution is 2.13. The summed E-state index contributed by atoms with van der Waals surface area (Å²) in [6.07, 6.45) is 1.09. The van der Waals surface area contributed by atoms with Crippen LogP contribution in [0.1, 0.15) is 25.0 Å². The van der Waals surface area contributed by atoms with Gasteiger partial charge in [-0.3, -0.25) is 4.90 Å². The number of nitrogens with one attached hydrogen (secondary N) is 1. The Morgan fingerprint density at radius 2 is 1.90 bits per heavy atom. The Labute approximate surface area is 124 Å². The first-order valence-corrected chi connectivity index (χ1v) is 7.60. The van der Waals surface area contributed by atoms with Gasteiger partial charge >= 0.3 is 0 Å². The van der Waals surface area contributed by atoms with Gasteiger partial charge in [-0.05, 0) is 37.1 Å². The molecule has 0 amide bonds. The van der Waals surface area contributed by atoms with Crippen LogP contribution < -0.4 is 5.32 Å². The maximum absolute atomic E-state index is 5.24. The Bertz CT molecular complexity index is 366. The largest absolute Gasteiger partial charge is 0.383 e. The molecule has 20 heavy (non-hydrogen) atoms. The monoisotopic (exact) mass is 278 g/mol. The average molecular weight is 278 g/mol. The van der Waals surface area contributed by atoms with Crippen molar-refractivity contribution in [2.45, 2.75) is 26.8 Å². The second-order valence-corrected chi connectivity index (χ2v) is 5.74. The third-order valence-corrected chi connectivity index (χ3v) is 3.39. The molecule has 1 N–H and O–H groups in total. The van der Waals surface area contributed by atoms with Crippen LogP contribution in [0.2, 0.25) is 0 Å². The lowest BCUT2D eigenvalue weighted by molar-refractivity contribution is 0.136. The fraction of sp³-hybridized carbons (Fsp3) is 0.647. The summed E-state index contributed by atoms with van der Waals surface area (Å²) in [7, 11) is 3.78. The zero-order valence-electron chi connectivity index (χ0n) is 13.5. The molecular weight excluding hydrogens is 248 g/mol. The molecule has 0 aliphatic carbocycles. The number of rotatable bonds is 10. The number of hydrogen-bond donors (Lipinski definition) is 1. The van der Waals surface area contributed by atoms with Gasteiger partial charge in [0.1, 0.15) is 0 Å². The van der Waals surface area contributed by atoms with E-state index in [2.05, 4.69) is 48.3 Å². The van der Waals surface area contributed by atoms with Crippen LogP contribution >= 0.6 is 0 Å². The van der Waals surface area contributed by atoms with E-state index >= 15 is 0 Å². The fourth-order valence-corrected chi connectivity index (χ4v) is 2.43. The van der Waals surface area contributed by atoms with Crippen molar-refractivity contribution in [3.05, 3.63) is 35.4 Å². The topological polar surface area (TPSA) is 24.5 Å². The number of nitrogens with zero attached hydrogens (tertiary/aromatic N) is 1. The zero-order chi connectivity index (χ0) is 14.8. The molecule has 0 spiro atoms. The molecule has 0 fully saturated rings. The third kappa shape index (κ3) is 6.51. The number of likely N-dealkylation sites (N-methyl/N-ethyl adjacent to an activating group) is 1. The number of benzene rings is 1. The van der Waals surface area contributed by atoms with Gasteiger partial charge in [0.05, 0.1) is 6.61 Å². The van der Waals surface area contributed by atoms with E-state index in [0.29, 0.717) is 5.92 Å². The van der Waals surface area contributed by atoms with Crippen molar-refractivity contribution in [2.24, 2.45) is 5.92 Å². The summed E-state index contributed by atoms with van der Waals surface area (Å²) in [6, 6.07) is 8.78. The summed E-state index contributed by atoms with van der Waals surface area (Å²) in [4.78, 5) is 2.49. The van der Waals surface area contributed by atoms with Gasteiger partial charge in [-0.15, -0.1) is 0 Å². The lowest BCUT2D eigenvalue weighted by Crippen LogP contribution is -2.31. The first-order valence-electron chi connectivity index (χ1n) is 7.60. The van der Waals surface area contributed by atoms with E-state index in [9.17, 15) is 0 Å². The lowest BCUT2D eigenvalue weighted by Gasteiger charge is -2.25. The highest BCUT2D eigenvalue weighted by atomic mass is 16.5. The van der Waals surface area contributed by atoms with Crippen molar-refractivity contribution in [3.63, 3.8) is 0 Å². The Morgan fingerprint density at radius 1 is 1.20 bits per heavy atom. The van der Waals surface area contributed by atoms with Crippen molar-refractivity contribution in [2.75, 3.05) is 40.4 Å². The minimum Gasteiger partial charge on any atom is -0.383 e. The van der Waals surface area contributed by atoms with Crippen LogP contribution in [0.3, 0.4) is 0 Å². The summed E-state index contributed by atoms with van der Waals surface area (Å²) in [5, 5.41) is 3.23. The van der Waals surface area contributed by atoms with Gasteiger partial charge in [0, 0.05) is 26.7 Å². The summed E-state index contributed by atoms with van der Waals surface area (Å²) in [6.45, 7) is 9.49. The molecule has 3 heteroatoms. The van der Waals surface area contributed by atoms with Crippen molar-refractivity contribution in [1.29, 1.82) is 0 Å². The van der Waals surface area contributed by atoms with Gasteiger partial charge < -0.3 is 10.1 Å². The molecule has 1 aromatic rings. The van der Waals surface area contributed by atoms with E-state index < -0.39 is 0 Å². The number of ether oxygens (including phenoxy) is 1. The molecule has 0 aliphatic rings. The Hall–Kier alpha value is -0.900.